The van der Waals surface area contributed by atoms with Crippen molar-refractivity contribution in [2.45, 2.75) is 11.8 Å². The molecule has 3 rings (SSSR count). The summed E-state index contributed by atoms with van der Waals surface area (Å²) in [5, 5.41) is 3.25. The highest BCUT2D eigenvalue weighted by Gasteiger charge is 2.15. The van der Waals surface area contributed by atoms with Crippen molar-refractivity contribution in [3.05, 3.63) is 83.1 Å². The average molecular weight is 449 g/mol. The van der Waals surface area contributed by atoms with E-state index in [-0.39, 0.29) is 23.1 Å². The molecule has 156 valence electrons. The van der Waals surface area contributed by atoms with Crippen molar-refractivity contribution in [3.63, 3.8) is 0 Å². The summed E-state index contributed by atoms with van der Waals surface area (Å²) >= 11 is 6.03. The number of carbonyl (C=O) groups excluding carboxylic acids is 1. The van der Waals surface area contributed by atoms with Gasteiger partial charge in [0.25, 0.3) is 15.9 Å². The number of rotatable bonds is 7. The Morgan fingerprint density at radius 2 is 1.70 bits per heavy atom. The number of amides is 1. The van der Waals surface area contributed by atoms with E-state index in [1.807, 2.05) is 0 Å². The van der Waals surface area contributed by atoms with E-state index in [9.17, 15) is 17.6 Å². The summed E-state index contributed by atoms with van der Waals surface area (Å²) in [4.78, 5) is 12.1. The second-order valence-electron chi connectivity index (χ2n) is 6.33. The molecule has 3 aromatic rings. The van der Waals surface area contributed by atoms with Crippen molar-refractivity contribution in [3.8, 4) is 5.75 Å². The predicted octanol–water partition coefficient (Wildman–Crippen LogP) is 4.61. The van der Waals surface area contributed by atoms with Crippen LogP contribution in [-0.4, -0.2) is 20.9 Å². The van der Waals surface area contributed by atoms with Gasteiger partial charge in [0.1, 0.15) is 11.6 Å². The molecule has 0 aliphatic heterocycles. The maximum absolute atomic E-state index is 13.0. The van der Waals surface area contributed by atoms with E-state index in [2.05, 4.69) is 10.0 Å². The van der Waals surface area contributed by atoms with Crippen LogP contribution in [-0.2, 0) is 14.8 Å². The lowest BCUT2D eigenvalue weighted by Crippen LogP contribution is -2.20. The van der Waals surface area contributed by atoms with Gasteiger partial charge in [0.05, 0.1) is 4.90 Å². The van der Waals surface area contributed by atoms with Crippen molar-refractivity contribution in [1.29, 1.82) is 0 Å². The molecule has 6 nitrogen and oxygen atoms in total. The van der Waals surface area contributed by atoms with Gasteiger partial charge in [0.2, 0.25) is 0 Å². The molecule has 30 heavy (non-hydrogen) atoms. The summed E-state index contributed by atoms with van der Waals surface area (Å²) in [5.74, 6) is -0.516. The van der Waals surface area contributed by atoms with Gasteiger partial charge in [-0.3, -0.25) is 9.52 Å². The van der Waals surface area contributed by atoms with Crippen LogP contribution >= 0.6 is 11.6 Å². The quantitative estimate of drug-likeness (QED) is 0.553. The number of anilines is 2. The second kappa shape index (κ2) is 9.15. The highest BCUT2D eigenvalue weighted by molar-refractivity contribution is 7.92. The minimum Gasteiger partial charge on any atom is -0.484 e. The number of benzene rings is 3. The maximum Gasteiger partial charge on any atom is 0.262 e. The highest BCUT2D eigenvalue weighted by atomic mass is 35.5. The van der Waals surface area contributed by atoms with Crippen LogP contribution in [0.3, 0.4) is 0 Å². The fraction of sp³-hybridized carbons (Fsp3) is 0.0952. The third-order valence-corrected chi connectivity index (χ3v) is 5.95. The molecule has 2 N–H and O–H groups in total. The van der Waals surface area contributed by atoms with Crippen LogP contribution < -0.4 is 14.8 Å². The van der Waals surface area contributed by atoms with Gasteiger partial charge in [-0.25, -0.2) is 12.8 Å². The third-order valence-electron chi connectivity index (χ3n) is 4.14. The predicted molar refractivity (Wildman–Crippen MR) is 114 cm³/mol. The Morgan fingerprint density at radius 3 is 2.37 bits per heavy atom. The van der Waals surface area contributed by atoms with E-state index in [1.54, 1.807) is 25.1 Å². The smallest absolute Gasteiger partial charge is 0.262 e. The van der Waals surface area contributed by atoms with E-state index in [4.69, 9.17) is 16.3 Å². The molecule has 9 heteroatoms. The summed E-state index contributed by atoms with van der Waals surface area (Å²) in [6, 6.07) is 15.7. The summed E-state index contributed by atoms with van der Waals surface area (Å²) in [5.41, 5.74) is 1.57. The maximum atomic E-state index is 13.0. The van der Waals surface area contributed by atoms with E-state index < -0.39 is 15.8 Å². The van der Waals surface area contributed by atoms with Crippen molar-refractivity contribution < 1.29 is 22.3 Å². The molecular formula is C21H18ClFN2O4S. The molecule has 3 aromatic carbocycles. The standard InChI is InChI=1S/C21H18ClFN2O4S/c1-14-19(22)3-2-4-20(14)24-21(26)13-29-17-9-11-18(12-10-17)30(27,28)25-16-7-5-15(23)6-8-16/h2-12,25H,13H2,1H3,(H,24,26). The molecule has 0 aromatic heterocycles. The van der Waals surface area contributed by atoms with Gasteiger partial charge in [-0.1, -0.05) is 17.7 Å². The molecule has 0 aliphatic rings. The Morgan fingerprint density at radius 1 is 1.03 bits per heavy atom. The van der Waals surface area contributed by atoms with Gasteiger partial charge in [-0.05, 0) is 73.2 Å². The minimum atomic E-state index is -3.84. The van der Waals surface area contributed by atoms with Crippen LogP contribution in [0.25, 0.3) is 0 Å². The average Bonchev–Trinajstić information content (AvgIpc) is 2.72. The monoisotopic (exact) mass is 448 g/mol. The van der Waals surface area contributed by atoms with Crippen LogP contribution in [0.2, 0.25) is 5.02 Å². The zero-order chi connectivity index (χ0) is 21.7. The number of hydrogen-bond acceptors (Lipinski definition) is 4. The minimum absolute atomic E-state index is 0.00169. The van der Waals surface area contributed by atoms with Crippen LogP contribution in [0, 0.1) is 12.7 Å². The largest absolute Gasteiger partial charge is 0.484 e. The van der Waals surface area contributed by atoms with Crippen molar-refractivity contribution in [2.75, 3.05) is 16.6 Å². The van der Waals surface area contributed by atoms with E-state index in [0.29, 0.717) is 16.5 Å². The molecule has 0 spiro atoms. The highest BCUT2D eigenvalue weighted by Crippen LogP contribution is 2.23. The molecule has 0 heterocycles. The zero-order valence-corrected chi connectivity index (χ0v) is 17.4. The van der Waals surface area contributed by atoms with Crippen LogP contribution in [0.5, 0.6) is 5.75 Å². The fourth-order valence-electron chi connectivity index (χ4n) is 2.53. The fourth-order valence-corrected chi connectivity index (χ4v) is 3.76. The first kappa shape index (κ1) is 21.6. The van der Waals surface area contributed by atoms with E-state index in [0.717, 1.165) is 17.7 Å². The lowest BCUT2D eigenvalue weighted by Gasteiger charge is -2.11. The summed E-state index contributed by atoms with van der Waals surface area (Å²) in [6.07, 6.45) is 0. The van der Waals surface area contributed by atoms with Gasteiger partial charge >= 0.3 is 0 Å². The Labute approximate surface area is 178 Å². The van der Waals surface area contributed by atoms with Gasteiger partial charge in [-0.15, -0.1) is 0 Å². The first-order valence-electron chi connectivity index (χ1n) is 8.81. The van der Waals surface area contributed by atoms with Gasteiger partial charge in [0.15, 0.2) is 6.61 Å². The molecule has 0 fully saturated rings. The molecule has 0 radical (unpaired) electrons. The SMILES string of the molecule is Cc1c(Cl)cccc1NC(=O)COc1ccc(S(=O)(=O)Nc2ccc(F)cc2)cc1. The molecule has 0 atom stereocenters. The molecule has 0 saturated carbocycles. The van der Waals surface area contributed by atoms with E-state index in [1.165, 1.54) is 36.4 Å². The lowest BCUT2D eigenvalue weighted by molar-refractivity contribution is -0.118. The van der Waals surface area contributed by atoms with Gasteiger partial charge in [0, 0.05) is 16.4 Å². The molecule has 0 aliphatic carbocycles. The number of sulfonamides is 1. The van der Waals surface area contributed by atoms with Crippen LogP contribution in [0.15, 0.2) is 71.6 Å². The Hall–Kier alpha value is -3.10. The number of halogens is 2. The zero-order valence-electron chi connectivity index (χ0n) is 15.9. The Bertz CT molecular complexity index is 1150. The molecular weight excluding hydrogens is 431 g/mol. The number of ether oxygens (including phenoxy) is 1. The molecule has 0 saturated heterocycles. The number of hydrogen-bond donors (Lipinski definition) is 2. The number of carbonyl (C=O) groups is 1. The van der Waals surface area contributed by atoms with Crippen molar-refractivity contribution in [1.82, 2.24) is 0 Å². The molecule has 0 unspecified atom stereocenters. The lowest BCUT2D eigenvalue weighted by atomic mass is 10.2. The third kappa shape index (κ3) is 5.49. The topological polar surface area (TPSA) is 84.5 Å². The Kier molecular flexibility index (Phi) is 6.59. The molecule has 1 amide bonds. The van der Waals surface area contributed by atoms with Crippen LogP contribution in [0.1, 0.15) is 5.56 Å². The molecule has 0 bridgehead atoms. The first-order valence-corrected chi connectivity index (χ1v) is 10.7. The van der Waals surface area contributed by atoms with E-state index >= 15 is 0 Å². The van der Waals surface area contributed by atoms with Crippen molar-refractivity contribution >= 4 is 38.9 Å². The summed E-state index contributed by atoms with van der Waals surface area (Å²) in [7, 11) is -3.84. The van der Waals surface area contributed by atoms with Gasteiger partial charge in [-0.2, -0.15) is 0 Å². The Balaban J connectivity index is 1.59. The van der Waals surface area contributed by atoms with Gasteiger partial charge < -0.3 is 10.1 Å². The van der Waals surface area contributed by atoms with Crippen molar-refractivity contribution in [2.24, 2.45) is 0 Å². The first-order chi connectivity index (χ1) is 14.2. The summed E-state index contributed by atoms with van der Waals surface area (Å²) < 4.78 is 45.5. The summed E-state index contributed by atoms with van der Waals surface area (Å²) in [6.45, 7) is 1.53. The van der Waals surface area contributed by atoms with Crippen LogP contribution in [0.4, 0.5) is 15.8 Å². The normalized spacial score (nSPS) is 11.0. The number of nitrogens with one attached hydrogen (secondary N) is 2. The second-order valence-corrected chi connectivity index (χ2v) is 8.42.